The van der Waals surface area contributed by atoms with Crippen LogP contribution in [-0.2, 0) is 14.3 Å². The van der Waals surface area contributed by atoms with Gasteiger partial charge in [-0.2, -0.15) is 0 Å². The zero-order valence-corrected chi connectivity index (χ0v) is 10.0. The van der Waals surface area contributed by atoms with Gasteiger partial charge in [0.2, 0.25) is 0 Å². The maximum atomic E-state index is 11.2. The molecule has 0 radical (unpaired) electrons. The Morgan fingerprint density at radius 2 is 2.11 bits per heavy atom. The van der Waals surface area contributed by atoms with Crippen molar-refractivity contribution in [1.29, 1.82) is 0 Å². The molecule has 0 bridgehead atoms. The van der Waals surface area contributed by atoms with Crippen LogP contribution >= 0.6 is 0 Å². The van der Waals surface area contributed by atoms with Crippen LogP contribution in [0.25, 0.3) is 0 Å². The van der Waals surface area contributed by atoms with Gasteiger partial charge in [-0.3, -0.25) is 0 Å². The summed E-state index contributed by atoms with van der Waals surface area (Å²) in [6, 6.07) is 4.09. The number of phenolic OH excluding ortho intramolecular Hbond substituents is 1. The molecular formula is C13H12O5. The van der Waals surface area contributed by atoms with Crippen molar-refractivity contribution in [3.63, 3.8) is 0 Å². The van der Waals surface area contributed by atoms with E-state index < -0.39 is 11.9 Å². The normalized spacial score (nSPS) is 9.00. The second-order valence-electron chi connectivity index (χ2n) is 3.19. The number of hydrogen-bond donors (Lipinski definition) is 1. The summed E-state index contributed by atoms with van der Waals surface area (Å²) in [7, 11) is 1.24. The zero-order valence-electron chi connectivity index (χ0n) is 10.0. The highest BCUT2D eigenvalue weighted by Crippen LogP contribution is 2.18. The molecule has 0 aliphatic rings. The van der Waals surface area contributed by atoms with Gasteiger partial charge in [-0.25, -0.2) is 9.59 Å². The first-order valence-electron chi connectivity index (χ1n) is 5.18. The summed E-state index contributed by atoms with van der Waals surface area (Å²) < 4.78 is 9.12. The van der Waals surface area contributed by atoms with Crippen molar-refractivity contribution in [2.75, 3.05) is 13.7 Å². The van der Waals surface area contributed by atoms with Crippen LogP contribution in [0.4, 0.5) is 0 Å². The maximum Gasteiger partial charge on any atom is 0.384 e. The highest BCUT2D eigenvalue weighted by atomic mass is 16.5. The molecule has 1 N–H and O–H groups in total. The van der Waals surface area contributed by atoms with Gasteiger partial charge >= 0.3 is 11.9 Å². The lowest BCUT2D eigenvalue weighted by Gasteiger charge is -2.01. The van der Waals surface area contributed by atoms with E-state index in [9.17, 15) is 14.7 Å². The molecule has 0 amide bonds. The molecule has 0 fully saturated rings. The summed E-state index contributed by atoms with van der Waals surface area (Å²) in [5.74, 6) is 3.24. The van der Waals surface area contributed by atoms with Gasteiger partial charge in [0.05, 0.1) is 24.8 Å². The quantitative estimate of drug-likeness (QED) is 0.626. The number of benzene rings is 1. The lowest BCUT2D eigenvalue weighted by Crippen LogP contribution is -2.01. The highest BCUT2D eigenvalue weighted by molar-refractivity contribution is 5.91. The van der Waals surface area contributed by atoms with Gasteiger partial charge in [0.1, 0.15) is 5.75 Å². The van der Waals surface area contributed by atoms with Crippen molar-refractivity contribution >= 4 is 11.9 Å². The van der Waals surface area contributed by atoms with Gasteiger partial charge < -0.3 is 14.6 Å². The number of carbonyl (C=O) groups excluding carboxylic acids is 2. The van der Waals surface area contributed by atoms with Crippen molar-refractivity contribution in [3.8, 4) is 17.6 Å². The third kappa shape index (κ3) is 3.52. The molecule has 5 heteroatoms. The molecule has 5 nitrogen and oxygen atoms in total. The third-order valence-corrected chi connectivity index (χ3v) is 1.99. The molecule has 0 aromatic heterocycles. The number of rotatable bonds is 2. The number of aromatic hydroxyl groups is 1. The predicted octanol–water partition coefficient (Wildman–Crippen LogP) is 1.09. The van der Waals surface area contributed by atoms with E-state index in [-0.39, 0.29) is 23.5 Å². The summed E-state index contributed by atoms with van der Waals surface area (Å²) >= 11 is 0. The molecular weight excluding hydrogens is 236 g/mol. The number of methoxy groups -OCH3 is 1. The van der Waals surface area contributed by atoms with E-state index in [1.54, 1.807) is 6.92 Å². The molecule has 94 valence electrons. The van der Waals surface area contributed by atoms with E-state index in [1.165, 1.54) is 25.3 Å². The van der Waals surface area contributed by atoms with Crippen LogP contribution in [0.15, 0.2) is 18.2 Å². The first-order valence-corrected chi connectivity index (χ1v) is 5.18. The number of hydrogen-bond acceptors (Lipinski definition) is 5. The largest absolute Gasteiger partial charge is 0.507 e. The number of carbonyl (C=O) groups is 2. The second kappa shape index (κ2) is 6.30. The van der Waals surface area contributed by atoms with Crippen molar-refractivity contribution < 1.29 is 24.2 Å². The minimum Gasteiger partial charge on any atom is -0.507 e. The molecule has 0 unspecified atom stereocenters. The van der Waals surface area contributed by atoms with Gasteiger partial charge in [-0.05, 0) is 25.1 Å². The molecule has 0 spiro atoms. The molecule has 1 rings (SSSR count). The first kappa shape index (κ1) is 13.6. The van der Waals surface area contributed by atoms with Crippen LogP contribution in [0.3, 0.4) is 0 Å². The first-order chi connectivity index (χ1) is 8.58. The Morgan fingerprint density at radius 1 is 1.39 bits per heavy atom. The van der Waals surface area contributed by atoms with E-state index in [0.717, 1.165) is 0 Å². The van der Waals surface area contributed by atoms with E-state index in [2.05, 4.69) is 21.3 Å². The topological polar surface area (TPSA) is 72.8 Å². The summed E-state index contributed by atoms with van der Waals surface area (Å²) in [5.41, 5.74) is 0.437. The Bertz CT molecular complexity index is 522. The van der Waals surface area contributed by atoms with E-state index in [4.69, 9.17) is 0 Å². The molecule has 1 aromatic carbocycles. The summed E-state index contributed by atoms with van der Waals surface area (Å²) in [6.45, 7) is 1.91. The van der Waals surface area contributed by atoms with Gasteiger partial charge in [-0.1, -0.05) is 5.92 Å². The second-order valence-corrected chi connectivity index (χ2v) is 3.19. The molecule has 1 aromatic rings. The van der Waals surface area contributed by atoms with Crippen LogP contribution in [0.1, 0.15) is 22.8 Å². The minimum atomic E-state index is -0.672. The summed E-state index contributed by atoms with van der Waals surface area (Å²) in [6.07, 6.45) is 0. The van der Waals surface area contributed by atoms with Gasteiger partial charge in [-0.15, -0.1) is 0 Å². The monoisotopic (exact) mass is 248 g/mol. The Balaban J connectivity index is 2.93. The van der Waals surface area contributed by atoms with Gasteiger partial charge in [0.25, 0.3) is 0 Å². The molecule has 18 heavy (non-hydrogen) atoms. The van der Waals surface area contributed by atoms with E-state index >= 15 is 0 Å². The highest BCUT2D eigenvalue weighted by Gasteiger charge is 2.08. The van der Waals surface area contributed by atoms with Crippen LogP contribution in [0.5, 0.6) is 5.75 Å². The van der Waals surface area contributed by atoms with Crippen LogP contribution in [0.2, 0.25) is 0 Å². The molecule has 0 heterocycles. The Morgan fingerprint density at radius 3 is 2.67 bits per heavy atom. The SMILES string of the molecule is CCOC(=O)C#Cc1ccc(C(=O)OC)cc1O. The fraction of sp³-hybridized carbons (Fsp3) is 0.231. The Kier molecular flexibility index (Phi) is 4.76. The maximum absolute atomic E-state index is 11.2. The number of ether oxygens (including phenoxy) is 2. The van der Waals surface area contributed by atoms with Crippen LogP contribution in [0, 0.1) is 11.8 Å². The number of esters is 2. The zero-order chi connectivity index (χ0) is 13.5. The van der Waals surface area contributed by atoms with Gasteiger partial charge in [0.15, 0.2) is 0 Å². The standard InChI is InChI=1S/C13H12O5/c1-3-18-12(15)7-6-9-4-5-10(8-11(9)14)13(16)17-2/h4-5,8,14H,3H2,1-2H3. The van der Waals surface area contributed by atoms with Gasteiger partial charge in [0, 0.05) is 5.92 Å². The Hall–Kier alpha value is -2.48. The fourth-order valence-corrected chi connectivity index (χ4v) is 1.17. The lowest BCUT2D eigenvalue weighted by atomic mass is 10.1. The molecule has 0 aliphatic heterocycles. The summed E-state index contributed by atoms with van der Waals surface area (Å²) in [4.78, 5) is 22.2. The number of phenols is 1. The minimum absolute atomic E-state index is 0.199. The van der Waals surface area contributed by atoms with Crippen molar-refractivity contribution in [3.05, 3.63) is 29.3 Å². The predicted molar refractivity (Wildman–Crippen MR) is 63.0 cm³/mol. The molecule has 0 aliphatic carbocycles. The van der Waals surface area contributed by atoms with E-state index in [1.807, 2.05) is 0 Å². The van der Waals surface area contributed by atoms with Crippen molar-refractivity contribution in [1.82, 2.24) is 0 Å². The Labute approximate surface area is 104 Å². The molecule has 0 saturated heterocycles. The smallest absolute Gasteiger partial charge is 0.384 e. The average molecular weight is 248 g/mol. The van der Waals surface area contributed by atoms with E-state index in [0.29, 0.717) is 0 Å². The lowest BCUT2D eigenvalue weighted by molar-refractivity contribution is -0.136. The third-order valence-electron chi connectivity index (χ3n) is 1.99. The summed E-state index contributed by atoms with van der Waals surface area (Å²) in [5, 5.41) is 9.62. The van der Waals surface area contributed by atoms with Crippen molar-refractivity contribution in [2.45, 2.75) is 6.92 Å². The molecule has 0 atom stereocenters. The molecule has 0 saturated carbocycles. The van der Waals surface area contributed by atoms with Crippen LogP contribution < -0.4 is 0 Å². The average Bonchev–Trinajstić information content (AvgIpc) is 2.36. The van der Waals surface area contributed by atoms with Crippen molar-refractivity contribution in [2.24, 2.45) is 0 Å². The fourth-order valence-electron chi connectivity index (χ4n) is 1.17. The van der Waals surface area contributed by atoms with Crippen LogP contribution in [-0.4, -0.2) is 30.8 Å².